The van der Waals surface area contributed by atoms with Crippen LogP contribution in [0.25, 0.3) is 11.1 Å². The maximum Gasteiger partial charge on any atom is 0.303 e. The standard InChI is InChI=1S/C27H27ClN2O3/c28-23-15-22(16-29-17-23)19-9-11-21(12-10-19)26(20-5-1-2-6-20)27(33)30-24-7-3-4-18(14-24)8-13-25(31)32/h3-4,7,9-12,14-17,20,26H,1-2,5-6,8,13H2,(H,30,33)(H,31,32). The van der Waals surface area contributed by atoms with E-state index >= 15 is 0 Å². The second-order valence-corrected chi connectivity index (χ2v) is 9.06. The number of nitrogens with zero attached hydrogens (tertiary/aromatic N) is 1. The van der Waals surface area contributed by atoms with Crippen molar-refractivity contribution in [2.24, 2.45) is 5.92 Å². The van der Waals surface area contributed by atoms with Crippen molar-refractivity contribution in [3.05, 3.63) is 83.1 Å². The highest BCUT2D eigenvalue weighted by Crippen LogP contribution is 2.39. The molecule has 1 saturated carbocycles. The van der Waals surface area contributed by atoms with Crippen molar-refractivity contribution in [1.29, 1.82) is 0 Å². The molecule has 1 aromatic heterocycles. The largest absolute Gasteiger partial charge is 0.481 e. The van der Waals surface area contributed by atoms with E-state index in [1.54, 1.807) is 12.4 Å². The van der Waals surface area contributed by atoms with E-state index in [1.165, 1.54) is 0 Å². The second-order valence-electron chi connectivity index (χ2n) is 8.62. The average molecular weight is 463 g/mol. The Morgan fingerprint density at radius 2 is 1.79 bits per heavy atom. The SMILES string of the molecule is O=C(O)CCc1cccc(NC(=O)C(c2ccc(-c3cncc(Cl)c3)cc2)C2CCCC2)c1. The Labute approximate surface area is 198 Å². The van der Waals surface area contributed by atoms with Crippen LogP contribution >= 0.6 is 11.6 Å². The molecule has 0 saturated heterocycles. The van der Waals surface area contributed by atoms with Gasteiger partial charge in [-0.2, -0.15) is 0 Å². The first-order chi connectivity index (χ1) is 16.0. The third kappa shape index (κ3) is 5.99. The van der Waals surface area contributed by atoms with Crippen LogP contribution < -0.4 is 5.32 Å². The van der Waals surface area contributed by atoms with Gasteiger partial charge in [0.15, 0.2) is 0 Å². The number of carbonyl (C=O) groups excluding carboxylic acids is 1. The maximum atomic E-state index is 13.4. The Bertz CT molecular complexity index is 1120. The predicted molar refractivity (Wildman–Crippen MR) is 130 cm³/mol. The van der Waals surface area contributed by atoms with Gasteiger partial charge in [0.2, 0.25) is 5.91 Å². The van der Waals surface area contributed by atoms with E-state index in [2.05, 4.69) is 10.3 Å². The van der Waals surface area contributed by atoms with Crippen LogP contribution in [-0.4, -0.2) is 22.0 Å². The van der Waals surface area contributed by atoms with Gasteiger partial charge in [0, 0.05) is 30.1 Å². The van der Waals surface area contributed by atoms with Crippen LogP contribution in [0, 0.1) is 5.92 Å². The lowest BCUT2D eigenvalue weighted by Gasteiger charge is -2.23. The fourth-order valence-corrected chi connectivity index (χ4v) is 4.83. The molecule has 1 fully saturated rings. The summed E-state index contributed by atoms with van der Waals surface area (Å²) in [4.78, 5) is 28.5. The monoisotopic (exact) mass is 462 g/mol. The van der Waals surface area contributed by atoms with Crippen LogP contribution in [-0.2, 0) is 16.0 Å². The van der Waals surface area contributed by atoms with Crippen LogP contribution in [0.3, 0.4) is 0 Å². The molecule has 1 aliphatic rings. The number of benzene rings is 2. The summed E-state index contributed by atoms with van der Waals surface area (Å²) in [7, 11) is 0. The summed E-state index contributed by atoms with van der Waals surface area (Å²) in [5.41, 5.74) is 4.54. The number of amides is 1. The third-order valence-corrected chi connectivity index (χ3v) is 6.49. The number of aliphatic carboxylic acids is 1. The summed E-state index contributed by atoms with van der Waals surface area (Å²) in [5.74, 6) is -0.780. The smallest absolute Gasteiger partial charge is 0.303 e. The molecular weight excluding hydrogens is 436 g/mol. The normalized spacial score (nSPS) is 14.7. The maximum absolute atomic E-state index is 13.4. The number of carbonyl (C=O) groups is 2. The molecular formula is C27H27ClN2O3. The number of nitrogens with one attached hydrogen (secondary N) is 1. The molecule has 1 atom stereocenters. The fraction of sp³-hybridized carbons (Fsp3) is 0.296. The van der Waals surface area contributed by atoms with E-state index in [0.29, 0.717) is 23.0 Å². The fourth-order valence-electron chi connectivity index (χ4n) is 4.66. The molecule has 0 bridgehead atoms. The Kier molecular flexibility index (Phi) is 7.40. The van der Waals surface area contributed by atoms with Crippen LogP contribution in [0.4, 0.5) is 5.69 Å². The first-order valence-electron chi connectivity index (χ1n) is 11.3. The molecule has 1 heterocycles. The summed E-state index contributed by atoms with van der Waals surface area (Å²) in [6.07, 6.45) is 8.25. The van der Waals surface area contributed by atoms with Crippen molar-refractivity contribution in [3.63, 3.8) is 0 Å². The Morgan fingerprint density at radius 1 is 1.03 bits per heavy atom. The zero-order valence-corrected chi connectivity index (χ0v) is 19.1. The zero-order chi connectivity index (χ0) is 23.2. The summed E-state index contributed by atoms with van der Waals surface area (Å²) >= 11 is 6.08. The van der Waals surface area contributed by atoms with Crippen LogP contribution in [0.15, 0.2) is 67.0 Å². The van der Waals surface area contributed by atoms with Crippen molar-refractivity contribution < 1.29 is 14.7 Å². The van der Waals surface area contributed by atoms with Gasteiger partial charge in [0.05, 0.1) is 10.9 Å². The minimum absolute atomic E-state index is 0.0190. The van der Waals surface area contributed by atoms with Gasteiger partial charge in [-0.1, -0.05) is 60.8 Å². The molecule has 0 spiro atoms. The number of aromatic nitrogens is 1. The van der Waals surface area contributed by atoms with Crippen molar-refractivity contribution in [1.82, 2.24) is 4.98 Å². The highest BCUT2D eigenvalue weighted by atomic mass is 35.5. The molecule has 170 valence electrons. The van der Waals surface area contributed by atoms with Crippen LogP contribution in [0.1, 0.15) is 49.1 Å². The number of hydrogen-bond acceptors (Lipinski definition) is 3. The number of carboxylic acid groups (broad SMARTS) is 1. The van der Waals surface area contributed by atoms with Gasteiger partial charge >= 0.3 is 5.97 Å². The van der Waals surface area contributed by atoms with E-state index in [-0.39, 0.29) is 18.2 Å². The van der Waals surface area contributed by atoms with Crippen LogP contribution in [0.2, 0.25) is 5.02 Å². The predicted octanol–water partition coefficient (Wildman–Crippen LogP) is 6.33. The first kappa shape index (κ1) is 23.0. The number of hydrogen-bond donors (Lipinski definition) is 2. The number of aryl methyl sites for hydroxylation is 1. The number of anilines is 1. The average Bonchev–Trinajstić information content (AvgIpc) is 3.33. The van der Waals surface area contributed by atoms with Crippen molar-refractivity contribution in [2.45, 2.75) is 44.4 Å². The Morgan fingerprint density at radius 3 is 2.48 bits per heavy atom. The molecule has 33 heavy (non-hydrogen) atoms. The van der Waals surface area contributed by atoms with E-state index in [1.807, 2.05) is 54.6 Å². The van der Waals surface area contributed by atoms with Gasteiger partial charge in [0.25, 0.3) is 0 Å². The third-order valence-electron chi connectivity index (χ3n) is 6.28. The molecule has 6 heteroatoms. The highest BCUT2D eigenvalue weighted by Gasteiger charge is 2.32. The summed E-state index contributed by atoms with van der Waals surface area (Å²) in [5, 5.41) is 12.6. The zero-order valence-electron chi connectivity index (χ0n) is 18.3. The van der Waals surface area contributed by atoms with Crippen molar-refractivity contribution in [2.75, 3.05) is 5.32 Å². The van der Waals surface area contributed by atoms with E-state index in [9.17, 15) is 9.59 Å². The molecule has 2 N–H and O–H groups in total. The second kappa shape index (κ2) is 10.6. The molecule has 1 amide bonds. The summed E-state index contributed by atoms with van der Waals surface area (Å²) < 4.78 is 0. The van der Waals surface area contributed by atoms with Crippen molar-refractivity contribution in [3.8, 4) is 11.1 Å². The topological polar surface area (TPSA) is 79.3 Å². The van der Waals surface area contributed by atoms with Gasteiger partial charge in [-0.3, -0.25) is 14.6 Å². The first-order valence-corrected chi connectivity index (χ1v) is 11.7. The number of pyridine rings is 1. The van der Waals surface area contributed by atoms with Crippen LogP contribution in [0.5, 0.6) is 0 Å². The molecule has 1 unspecified atom stereocenters. The summed E-state index contributed by atoms with van der Waals surface area (Å²) in [6.45, 7) is 0. The van der Waals surface area contributed by atoms with Gasteiger partial charge in [-0.05, 0) is 60.1 Å². The van der Waals surface area contributed by atoms with E-state index < -0.39 is 5.97 Å². The van der Waals surface area contributed by atoms with E-state index in [4.69, 9.17) is 16.7 Å². The molecule has 4 rings (SSSR count). The molecule has 1 aliphatic carbocycles. The lowest BCUT2D eigenvalue weighted by atomic mass is 9.83. The van der Waals surface area contributed by atoms with Gasteiger partial charge in [0.1, 0.15) is 0 Å². The van der Waals surface area contributed by atoms with Crippen molar-refractivity contribution >= 4 is 29.2 Å². The molecule has 0 aliphatic heterocycles. The number of rotatable bonds is 8. The minimum Gasteiger partial charge on any atom is -0.481 e. The molecule has 0 radical (unpaired) electrons. The molecule has 5 nitrogen and oxygen atoms in total. The Hall–Kier alpha value is -3.18. The lowest BCUT2D eigenvalue weighted by Crippen LogP contribution is -2.26. The Balaban J connectivity index is 1.54. The summed E-state index contributed by atoms with van der Waals surface area (Å²) in [6, 6.07) is 17.4. The van der Waals surface area contributed by atoms with Gasteiger partial charge < -0.3 is 10.4 Å². The number of halogens is 1. The molecule has 2 aromatic carbocycles. The molecule has 3 aromatic rings. The minimum atomic E-state index is -0.831. The van der Waals surface area contributed by atoms with E-state index in [0.717, 1.165) is 47.9 Å². The van der Waals surface area contributed by atoms with Gasteiger partial charge in [-0.15, -0.1) is 0 Å². The lowest BCUT2D eigenvalue weighted by molar-refractivity contribution is -0.137. The number of carboxylic acids is 1. The quantitative estimate of drug-likeness (QED) is 0.409. The van der Waals surface area contributed by atoms with Gasteiger partial charge in [-0.25, -0.2) is 0 Å². The highest BCUT2D eigenvalue weighted by molar-refractivity contribution is 6.30.